The van der Waals surface area contributed by atoms with Crippen LogP contribution in [0.25, 0.3) is 0 Å². The number of aryl methyl sites for hydroxylation is 1. The number of hydrogen-bond acceptors (Lipinski definition) is 3. The quantitative estimate of drug-likeness (QED) is 0.771. The van der Waals surface area contributed by atoms with Gasteiger partial charge in [-0.15, -0.1) is 11.3 Å². The van der Waals surface area contributed by atoms with Gasteiger partial charge in [0.2, 0.25) is 0 Å². The summed E-state index contributed by atoms with van der Waals surface area (Å²) in [5.74, 6) is -2.93. The van der Waals surface area contributed by atoms with Crippen LogP contribution in [0.5, 0.6) is 0 Å². The van der Waals surface area contributed by atoms with Gasteiger partial charge in [0.1, 0.15) is 0 Å². The van der Waals surface area contributed by atoms with E-state index in [4.69, 9.17) is 11.6 Å². The third kappa shape index (κ3) is 3.71. The average molecular weight is 334 g/mol. The zero-order chi connectivity index (χ0) is 14.7. The Hall–Kier alpha value is -1.11. The molecule has 1 N–H and O–H groups in total. The zero-order valence-corrected chi connectivity index (χ0v) is 12.7. The van der Waals surface area contributed by atoms with E-state index in [1.54, 1.807) is 18.2 Å². The summed E-state index contributed by atoms with van der Waals surface area (Å²) in [6, 6.07) is 8.19. The van der Waals surface area contributed by atoms with Gasteiger partial charge in [-0.25, -0.2) is 0 Å². The highest BCUT2D eigenvalue weighted by Crippen LogP contribution is 2.37. The number of rotatable bonds is 4. The third-order valence-electron chi connectivity index (χ3n) is 2.39. The van der Waals surface area contributed by atoms with Crippen molar-refractivity contribution in [3.63, 3.8) is 0 Å². The van der Waals surface area contributed by atoms with Crippen molar-refractivity contribution < 1.29 is 13.6 Å². The molecular formula is C13H10ClF2NOS2. The summed E-state index contributed by atoms with van der Waals surface area (Å²) in [4.78, 5) is 13.7. The van der Waals surface area contributed by atoms with E-state index in [-0.39, 0.29) is 15.8 Å². The number of alkyl halides is 2. The van der Waals surface area contributed by atoms with Gasteiger partial charge in [0.25, 0.3) is 11.7 Å². The Kier molecular flexibility index (Phi) is 5.01. The van der Waals surface area contributed by atoms with Crippen molar-refractivity contribution in [3.8, 4) is 0 Å². The number of carbonyl (C=O) groups excluding carboxylic acids is 1. The number of thiophene rings is 1. The van der Waals surface area contributed by atoms with Gasteiger partial charge in [0.15, 0.2) is 0 Å². The molecule has 0 spiro atoms. The van der Waals surface area contributed by atoms with Crippen LogP contribution in [0.1, 0.15) is 14.5 Å². The van der Waals surface area contributed by atoms with Crippen LogP contribution in [-0.4, -0.2) is 11.7 Å². The van der Waals surface area contributed by atoms with Gasteiger partial charge in [-0.05, 0) is 31.2 Å². The van der Waals surface area contributed by atoms with Crippen molar-refractivity contribution >= 4 is 46.3 Å². The summed E-state index contributed by atoms with van der Waals surface area (Å²) in [5.41, 5.74) is 0.291. The molecule has 1 amide bonds. The number of halogens is 3. The first-order valence-electron chi connectivity index (χ1n) is 5.58. The molecule has 0 radical (unpaired) electrons. The molecule has 1 aromatic carbocycles. The van der Waals surface area contributed by atoms with Gasteiger partial charge in [-0.1, -0.05) is 29.4 Å². The van der Waals surface area contributed by atoms with Crippen molar-refractivity contribution in [2.24, 2.45) is 0 Å². The fourth-order valence-electron chi connectivity index (χ4n) is 1.56. The van der Waals surface area contributed by atoms with Crippen molar-refractivity contribution in [2.45, 2.75) is 17.6 Å². The predicted octanol–water partition coefficient (Wildman–Crippen LogP) is 5.28. The average Bonchev–Trinajstić information content (AvgIpc) is 2.80. The Labute approximate surface area is 128 Å². The van der Waals surface area contributed by atoms with E-state index in [2.05, 4.69) is 5.32 Å². The highest BCUT2D eigenvalue weighted by atomic mass is 35.5. The second-order valence-corrected chi connectivity index (χ2v) is 6.55. The minimum Gasteiger partial charge on any atom is -0.320 e. The first kappa shape index (κ1) is 15.3. The number of anilines is 1. The van der Waals surface area contributed by atoms with Crippen molar-refractivity contribution in [1.82, 2.24) is 0 Å². The van der Waals surface area contributed by atoms with E-state index in [1.165, 1.54) is 17.4 Å². The Bertz CT molecular complexity index is 631. The molecule has 0 saturated carbocycles. The highest BCUT2D eigenvalue weighted by molar-refractivity contribution is 7.99. The van der Waals surface area contributed by atoms with Crippen molar-refractivity contribution in [3.05, 3.63) is 45.1 Å². The van der Waals surface area contributed by atoms with E-state index < -0.39 is 5.76 Å². The second kappa shape index (κ2) is 6.56. The molecule has 1 heterocycles. The fraction of sp³-hybridized carbons (Fsp3) is 0.154. The van der Waals surface area contributed by atoms with Crippen LogP contribution >= 0.6 is 34.7 Å². The summed E-state index contributed by atoms with van der Waals surface area (Å²) in [7, 11) is 0. The monoisotopic (exact) mass is 333 g/mol. The zero-order valence-electron chi connectivity index (χ0n) is 10.3. The standard InChI is InChI=1S/C13H10ClF2NOS2/c1-7-5-6-10(19-7)12(18)17-9-4-2-3-8(14)11(9)20-13(15)16/h2-6,13H,1H3,(H,17,18). The molecular weight excluding hydrogens is 324 g/mol. The van der Waals surface area contributed by atoms with Gasteiger partial charge in [0, 0.05) is 4.88 Å². The van der Waals surface area contributed by atoms with Crippen LogP contribution in [0.15, 0.2) is 35.2 Å². The number of benzene rings is 1. The molecule has 0 aliphatic rings. The van der Waals surface area contributed by atoms with Crippen LogP contribution in [0.4, 0.5) is 14.5 Å². The number of carbonyl (C=O) groups is 1. The molecule has 1 aromatic heterocycles. The summed E-state index contributed by atoms with van der Waals surface area (Å²) >= 11 is 7.56. The minimum atomic E-state index is -2.60. The lowest BCUT2D eigenvalue weighted by Gasteiger charge is -2.11. The van der Waals surface area contributed by atoms with Crippen LogP contribution in [0.3, 0.4) is 0 Å². The molecule has 0 atom stereocenters. The maximum atomic E-state index is 12.5. The van der Waals surface area contributed by atoms with Crippen molar-refractivity contribution in [2.75, 3.05) is 5.32 Å². The molecule has 2 nitrogen and oxygen atoms in total. The van der Waals surface area contributed by atoms with Gasteiger partial charge in [-0.3, -0.25) is 4.79 Å². The second-order valence-electron chi connectivity index (χ2n) is 3.86. The van der Waals surface area contributed by atoms with Crippen LogP contribution in [0, 0.1) is 6.92 Å². The van der Waals surface area contributed by atoms with E-state index in [0.29, 0.717) is 22.3 Å². The number of hydrogen-bond donors (Lipinski definition) is 1. The summed E-state index contributed by atoms with van der Waals surface area (Å²) in [5, 5.41) is 2.81. The largest absolute Gasteiger partial charge is 0.320 e. The molecule has 0 aliphatic carbocycles. The smallest absolute Gasteiger partial charge is 0.289 e. The van der Waals surface area contributed by atoms with Crippen LogP contribution in [0.2, 0.25) is 5.02 Å². The predicted molar refractivity (Wildman–Crippen MR) is 80.3 cm³/mol. The molecule has 0 bridgehead atoms. The third-order valence-corrected chi connectivity index (χ3v) is 4.67. The van der Waals surface area contributed by atoms with Gasteiger partial charge >= 0.3 is 0 Å². The molecule has 20 heavy (non-hydrogen) atoms. The lowest BCUT2D eigenvalue weighted by atomic mass is 10.3. The van der Waals surface area contributed by atoms with E-state index >= 15 is 0 Å². The summed E-state index contributed by atoms with van der Waals surface area (Å²) in [6.45, 7) is 1.89. The van der Waals surface area contributed by atoms with Crippen molar-refractivity contribution in [1.29, 1.82) is 0 Å². The maximum Gasteiger partial charge on any atom is 0.289 e. The number of amides is 1. The highest BCUT2D eigenvalue weighted by Gasteiger charge is 2.16. The Balaban J connectivity index is 2.24. The molecule has 0 fully saturated rings. The molecule has 7 heteroatoms. The molecule has 0 unspecified atom stereocenters. The fourth-order valence-corrected chi connectivity index (χ4v) is 3.23. The van der Waals surface area contributed by atoms with E-state index in [0.717, 1.165) is 4.88 Å². The number of nitrogens with one attached hydrogen (secondary N) is 1. The first-order valence-corrected chi connectivity index (χ1v) is 7.66. The molecule has 2 aromatic rings. The van der Waals surface area contributed by atoms with E-state index in [1.807, 2.05) is 13.0 Å². The SMILES string of the molecule is Cc1ccc(C(=O)Nc2cccc(Cl)c2SC(F)F)s1. The summed E-state index contributed by atoms with van der Waals surface area (Å²) in [6.07, 6.45) is 0. The topological polar surface area (TPSA) is 29.1 Å². The van der Waals surface area contributed by atoms with Gasteiger partial charge in [-0.2, -0.15) is 8.78 Å². The first-order chi connectivity index (χ1) is 9.47. The Morgan fingerprint density at radius 2 is 2.10 bits per heavy atom. The lowest BCUT2D eigenvalue weighted by Crippen LogP contribution is -2.11. The Morgan fingerprint density at radius 1 is 1.35 bits per heavy atom. The molecule has 0 saturated heterocycles. The van der Waals surface area contributed by atoms with E-state index in [9.17, 15) is 13.6 Å². The molecule has 0 aliphatic heterocycles. The molecule has 2 rings (SSSR count). The summed E-state index contributed by atoms with van der Waals surface area (Å²) < 4.78 is 25.1. The van der Waals surface area contributed by atoms with Gasteiger partial charge in [0.05, 0.1) is 20.5 Å². The Morgan fingerprint density at radius 3 is 2.70 bits per heavy atom. The molecule has 106 valence electrons. The maximum absolute atomic E-state index is 12.5. The van der Waals surface area contributed by atoms with Gasteiger partial charge < -0.3 is 5.32 Å². The minimum absolute atomic E-state index is 0.172. The number of thioether (sulfide) groups is 1. The van der Waals surface area contributed by atoms with Crippen LogP contribution < -0.4 is 5.32 Å². The lowest BCUT2D eigenvalue weighted by molar-refractivity contribution is 0.103. The normalized spacial score (nSPS) is 10.8. The van der Waals surface area contributed by atoms with Crippen LogP contribution in [-0.2, 0) is 0 Å².